The molecule has 0 radical (unpaired) electrons. The van der Waals surface area contributed by atoms with Crippen molar-refractivity contribution in [2.24, 2.45) is 0 Å². The number of carbonyl (C=O) groups excluding carboxylic acids is 2. The maximum Gasteiger partial charge on any atom is 0.265 e. The molecule has 0 aromatic carbocycles. The Kier molecular flexibility index (Phi) is 8.52. The highest BCUT2D eigenvalue weighted by Gasteiger charge is 2.13. The van der Waals surface area contributed by atoms with Gasteiger partial charge in [0.2, 0.25) is 5.91 Å². The molecule has 0 saturated heterocycles. The van der Waals surface area contributed by atoms with Gasteiger partial charge in [0.05, 0.1) is 0 Å². The largest absolute Gasteiger partial charge is 0.345 e. The van der Waals surface area contributed by atoms with Crippen molar-refractivity contribution in [1.82, 2.24) is 10.8 Å². The predicted molar refractivity (Wildman–Crippen MR) is 60.9 cm³/mol. The highest BCUT2D eigenvalue weighted by Crippen LogP contribution is 2.04. The summed E-state index contributed by atoms with van der Waals surface area (Å²) in [7, 11) is 0. The number of rotatable bonds is 8. The molecule has 0 aromatic heterocycles. The molecule has 94 valence electrons. The van der Waals surface area contributed by atoms with Crippen LogP contribution in [0.1, 0.15) is 52.4 Å². The number of nitrogens with one attached hydrogen (secondary N) is 2. The quantitative estimate of drug-likeness (QED) is 0.334. The third kappa shape index (κ3) is 7.23. The second kappa shape index (κ2) is 9.15. The van der Waals surface area contributed by atoms with Gasteiger partial charge in [0.1, 0.15) is 6.04 Å². The van der Waals surface area contributed by atoms with Crippen molar-refractivity contribution in [3.8, 4) is 0 Å². The zero-order valence-corrected chi connectivity index (χ0v) is 10.1. The molecule has 0 fully saturated rings. The lowest BCUT2D eigenvalue weighted by Crippen LogP contribution is -2.43. The minimum Gasteiger partial charge on any atom is -0.345 e. The summed E-state index contributed by atoms with van der Waals surface area (Å²) in [6.07, 6.45) is 5.86. The van der Waals surface area contributed by atoms with Gasteiger partial charge in [0.15, 0.2) is 0 Å². The zero-order chi connectivity index (χ0) is 12.4. The van der Waals surface area contributed by atoms with Gasteiger partial charge in [-0.1, -0.05) is 32.6 Å². The van der Waals surface area contributed by atoms with E-state index in [4.69, 9.17) is 5.21 Å². The Bertz CT molecular complexity index is 219. The van der Waals surface area contributed by atoms with E-state index in [1.54, 1.807) is 0 Å². The van der Waals surface area contributed by atoms with Gasteiger partial charge >= 0.3 is 0 Å². The van der Waals surface area contributed by atoms with Crippen LogP contribution in [0.2, 0.25) is 0 Å². The average molecular weight is 230 g/mol. The van der Waals surface area contributed by atoms with Crippen LogP contribution in [0.25, 0.3) is 0 Å². The van der Waals surface area contributed by atoms with Crippen molar-refractivity contribution in [2.75, 3.05) is 0 Å². The fourth-order valence-corrected chi connectivity index (χ4v) is 1.37. The van der Waals surface area contributed by atoms with Crippen molar-refractivity contribution in [3.63, 3.8) is 0 Å². The molecule has 0 aliphatic rings. The average Bonchev–Trinajstić information content (AvgIpc) is 2.27. The lowest BCUT2D eigenvalue weighted by Gasteiger charge is -2.11. The molecule has 0 spiro atoms. The van der Waals surface area contributed by atoms with Crippen LogP contribution in [0.15, 0.2) is 0 Å². The number of unbranched alkanes of at least 4 members (excludes halogenated alkanes) is 4. The van der Waals surface area contributed by atoms with Gasteiger partial charge in [-0.3, -0.25) is 14.8 Å². The Morgan fingerprint density at radius 3 is 2.38 bits per heavy atom. The summed E-state index contributed by atoms with van der Waals surface area (Å²) >= 11 is 0. The normalized spacial score (nSPS) is 11.9. The third-order valence-electron chi connectivity index (χ3n) is 2.39. The first kappa shape index (κ1) is 14.9. The number of amides is 2. The smallest absolute Gasteiger partial charge is 0.265 e. The molecule has 0 rings (SSSR count). The van der Waals surface area contributed by atoms with Crippen LogP contribution < -0.4 is 10.8 Å². The van der Waals surface area contributed by atoms with E-state index in [9.17, 15) is 9.59 Å². The van der Waals surface area contributed by atoms with Gasteiger partial charge < -0.3 is 5.32 Å². The lowest BCUT2D eigenvalue weighted by molar-refractivity contribution is -0.134. The van der Waals surface area contributed by atoms with E-state index >= 15 is 0 Å². The molecule has 0 saturated carbocycles. The Balaban J connectivity index is 3.54. The van der Waals surface area contributed by atoms with Gasteiger partial charge in [-0.25, -0.2) is 5.48 Å². The summed E-state index contributed by atoms with van der Waals surface area (Å²) in [5, 5.41) is 10.9. The van der Waals surface area contributed by atoms with Gasteiger partial charge in [-0.15, -0.1) is 0 Å². The highest BCUT2D eigenvalue weighted by molar-refractivity contribution is 5.86. The number of hydrogen-bond acceptors (Lipinski definition) is 3. The van der Waals surface area contributed by atoms with Gasteiger partial charge in [0, 0.05) is 6.42 Å². The van der Waals surface area contributed by atoms with Crippen molar-refractivity contribution in [3.05, 3.63) is 0 Å². The Labute approximate surface area is 96.6 Å². The van der Waals surface area contributed by atoms with Gasteiger partial charge in [-0.2, -0.15) is 0 Å². The number of hydroxylamine groups is 1. The first-order valence-electron chi connectivity index (χ1n) is 5.85. The summed E-state index contributed by atoms with van der Waals surface area (Å²) in [4.78, 5) is 22.2. The summed E-state index contributed by atoms with van der Waals surface area (Å²) in [5.41, 5.74) is 1.50. The van der Waals surface area contributed by atoms with Crippen LogP contribution in [0.4, 0.5) is 0 Å². The summed E-state index contributed by atoms with van der Waals surface area (Å²) < 4.78 is 0. The molecule has 1 unspecified atom stereocenters. The third-order valence-corrected chi connectivity index (χ3v) is 2.39. The van der Waals surface area contributed by atoms with Crippen LogP contribution in [-0.4, -0.2) is 23.1 Å². The maximum atomic E-state index is 11.3. The molecule has 0 heterocycles. The molecule has 0 aliphatic carbocycles. The Morgan fingerprint density at radius 2 is 1.81 bits per heavy atom. The van der Waals surface area contributed by atoms with Crippen molar-refractivity contribution in [2.45, 2.75) is 58.4 Å². The van der Waals surface area contributed by atoms with Crippen LogP contribution in [0.5, 0.6) is 0 Å². The molecule has 0 bridgehead atoms. The standard InChI is InChI=1S/C11H22N2O3/c1-3-4-5-6-7-8-10(14)12-9(2)11(15)13-16/h9,16H,3-8H2,1-2H3,(H,12,14)(H,13,15). The molecule has 16 heavy (non-hydrogen) atoms. The van der Waals surface area contributed by atoms with E-state index < -0.39 is 11.9 Å². The highest BCUT2D eigenvalue weighted by atomic mass is 16.5. The maximum absolute atomic E-state index is 11.3. The van der Waals surface area contributed by atoms with Gasteiger partial charge in [0.25, 0.3) is 5.91 Å². The number of hydrogen-bond donors (Lipinski definition) is 3. The monoisotopic (exact) mass is 230 g/mol. The molecular formula is C11H22N2O3. The SMILES string of the molecule is CCCCCCCC(=O)NC(C)C(=O)NO. The second-order valence-corrected chi connectivity index (χ2v) is 3.93. The van der Waals surface area contributed by atoms with Crippen molar-refractivity contribution in [1.29, 1.82) is 0 Å². The minimum absolute atomic E-state index is 0.146. The van der Waals surface area contributed by atoms with Crippen molar-refractivity contribution >= 4 is 11.8 Å². The molecule has 5 heteroatoms. The van der Waals surface area contributed by atoms with Gasteiger partial charge in [-0.05, 0) is 13.3 Å². The molecule has 3 N–H and O–H groups in total. The van der Waals surface area contributed by atoms with E-state index in [1.807, 2.05) is 0 Å². The molecule has 0 aliphatic heterocycles. The van der Waals surface area contributed by atoms with Crippen LogP contribution in [-0.2, 0) is 9.59 Å². The number of carbonyl (C=O) groups is 2. The fourth-order valence-electron chi connectivity index (χ4n) is 1.37. The second-order valence-electron chi connectivity index (χ2n) is 3.93. The molecule has 0 aromatic rings. The van der Waals surface area contributed by atoms with E-state index in [1.165, 1.54) is 25.2 Å². The lowest BCUT2D eigenvalue weighted by atomic mass is 10.1. The zero-order valence-electron chi connectivity index (χ0n) is 10.1. The molecular weight excluding hydrogens is 208 g/mol. The van der Waals surface area contributed by atoms with E-state index in [2.05, 4.69) is 12.2 Å². The Morgan fingerprint density at radius 1 is 1.19 bits per heavy atom. The summed E-state index contributed by atoms with van der Waals surface area (Å²) in [6.45, 7) is 3.67. The van der Waals surface area contributed by atoms with Crippen LogP contribution >= 0.6 is 0 Å². The van der Waals surface area contributed by atoms with Crippen LogP contribution in [0, 0.1) is 0 Å². The molecule has 2 amide bonds. The molecule has 5 nitrogen and oxygen atoms in total. The van der Waals surface area contributed by atoms with Crippen LogP contribution in [0.3, 0.4) is 0 Å². The first-order chi connectivity index (χ1) is 7.61. The topological polar surface area (TPSA) is 78.4 Å². The Hall–Kier alpha value is -1.10. The predicted octanol–water partition coefficient (Wildman–Crippen LogP) is 1.36. The van der Waals surface area contributed by atoms with E-state index in [-0.39, 0.29) is 5.91 Å². The first-order valence-corrected chi connectivity index (χ1v) is 5.85. The minimum atomic E-state index is -0.687. The summed E-state index contributed by atoms with van der Waals surface area (Å²) in [6, 6.07) is -0.687. The molecule has 1 atom stereocenters. The van der Waals surface area contributed by atoms with E-state index in [0.717, 1.165) is 19.3 Å². The van der Waals surface area contributed by atoms with E-state index in [0.29, 0.717) is 6.42 Å². The fraction of sp³-hybridized carbons (Fsp3) is 0.818. The van der Waals surface area contributed by atoms with Crippen molar-refractivity contribution < 1.29 is 14.8 Å². The summed E-state index contributed by atoms with van der Waals surface area (Å²) in [5.74, 6) is -0.744.